The van der Waals surface area contributed by atoms with E-state index in [1.807, 2.05) is 13.0 Å². The molecule has 1 aromatic carbocycles. The van der Waals surface area contributed by atoms with Gasteiger partial charge in [-0.1, -0.05) is 29.3 Å². The van der Waals surface area contributed by atoms with Crippen LogP contribution in [0.2, 0.25) is 10.0 Å². The van der Waals surface area contributed by atoms with Gasteiger partial charge in [-0.3, -0.25) is 4.90 Å². The van der Waals surface area contributed by atoms with Crippen molar-refractivity contribution in [3.63, 3.8) is 0 Å². The molecule has 158 valence electrons. The molecular formula is C21H22Cl2N4O2S. The number of likely N-dealkylation sites (tertiary alicyclic amines) is 1. The molecule has 6 nitrogen and oxygen atoms in total. The number of hydrogen-bond donors (Lipinski definition) is 0. The fraction of sp³-hybridized carbons (Fsp3) is 0.381. The molecule has 1 aliphatic rings. The minimum atomic E-state index is 0.0856. The van der Waals surface area contributed by atoms with E-state index in [2.05, 4.69) is 25.2 Å². The summed E-state index contributed by atoms with van der Waals surface area (Å²) in [5.41, 5.74) is 2.04. The number of piperidine rings is 1. The Balaban J connectivity index is 1.31. The first-order valence-electron chi connectivity index (χ1n) is 9.74. The maximum absolute atomic E-state index is 6.13. The molecule has 3 heterocycles. The highest BCUT2D eigenvalue weighted by Crippen LogP contribution is 2.27. The predicted octanol–water partition coefficient (Wildman–Crippen LogP) is 5.17. The third-order valence-electron chi connectivity index (χ3n) is 4.86. The average molecular weight is 465 g/mol. The summed E-state index contributed by atoms with van der Waals surface area (Å²) in [6.45, 7) is 5.15. The monoisotopic (exact) mass is 464 g/mol. The first-order valence-corrected chi connectivity index (χ1v) is 11.4. The minimum absolute atomic E-state index is 0.0856. The molecule has 0 bridgehead atoms. The molecule has 1 fully saturated rings. The SMILES string of the molecule is Cc1nc(CN2CCC(Oc3nccnc3OCc3ccc(Cl)c(Cl)c3)CC2)cs1. The zero-order chi connectivity index (χ0) is 20.9. The predicted molar refractivity (Wildman–Crippen MR) is 119 cm³/mol. The number of ether oxygens (including phenoxy) is 2. The maximum atomic E-state index is 6.13. The van der Waals surface area contributed by atoms with Gasteiger partial charge in [-0.15, -0.1) is 11.3 Å². The lowest BCUT2D eigenvalue weighted by molar-refractivity contribution is 0.0878. The molecule has 30 heavy (non-hydrogen) atoms. The molecule has 1 saturated heterocycles. The van der Waals surface area contributed by atoms with Crippen LogP contribution in [0.5, 0.6) is 11.8 Å². The van der Waals surface area contributed by atoms with Crippen LogP contribution in [0.25, 0.3) is 0 Å². The van der Waals surface area contributed by atoms with Crippen molar-refractivity contribution >= 4 is 34.5 Å². The van der Waals surface area contributed by atoms with Crippen LogP contribution in [0.4, 0.5) is 0 Å². The van der Waals surface area contributed by atoms with Crippen molar-refractivity contribution in [1.82, 2.24) is 19.9 Å². The van der Waals surface area contributed by atoms with Crippen LogP contribution in [0.3, 0.4) is 0 Å². The van der Waals surface area contributed by atoms with Gasteiger partial charge < -0.3 is 9.47 Å². The molecule has 0 radical (unpaired) electrons. The summed E-state index contributed by atoms with van der Waals surface area (Å²) < 4.78 is 12.0. The standard InChI is InChI=1S/C21H22Cl2N4O2S/c1-14-26-16(13-30-14)11-27-8-4-17(5-9-27)29-21-20(24-6-7-25-21)28-12-15-2-3-18(22)19(23)10-15/h2-3,6-7,10,13,17H,4-5,8-9,11-12H2,1H3. The number of aryl methyl sites for hydroxylation is 1. The Kier molecular flexibility index (Phi) is 7.04. The van der Waals surface area contributed by atoms with Crippen molar-refractivity contribution in [3.8, 4) is 11.8 Å². The van der Waals surface area contributed by atoms with Crippen LogP contribution in [0, 0.1) is 6.92 Å². The Morgan fingerprint density at radius 3 is 2.57 bits per heavy atom. The summed E-state index contributed by atoms with van der Waals surface area (Å²) in [6, 6.07) is 5.39. The highest BCUT2D eigenvalue weighted by Gasteiger charge is 2.23. The molecule has 0 unspecified atom stereocenters. The molecule has 2 aromatic heterocycles. The van der Waals surface area contributed by atoms with Gasteiger partial charge in [0.2, 0.25) is 0 Å². The molecular weight excluding hydrogens is 443 g/mol. The smallest absolute Gasteiger partial charge is 0.278 e. The molecule has 0 atom stereocenters. The number of hydrogen-bond acceptors (Lipinski definition) is 7. The second-order valence-electron chi connectivity index (χ2n) is 7.16. The molecule has 0 spiro atoms. The number of benzene rings is 1. The van der Waals surface area contributed by atoms with E-state index < -0.39 is 0 Å². The molecule has 9 heteroatoms. The Morgan fingerprint density at radius 2 is 1.87 bits per heavy atom. The van der Waals surface area contributed by atoms with E-state index in [0.717, 1.165) is 48.7 Å². The highest BCUT2D eigenvalue weighted by atomic mass is 35.5. The molecule has 4 rings (SSSR count). The van der Waals surface area contributed by atoms with Gasteiger partial charge in [0.15, 0.2) is 0 Å². The number of aromatic nitrogens is 3. The molecule has 1 aliphatic heterocycles. The van der Waals surface area contributed by atoms with E-state index in [1.165, 1.54) is 0 Å². The Morgan fingerprint density at radius 1 is 1.10 bits per heavy atom. The van der Waals surface area contributed by atoms with E-state index in [9.17, 15) is 0 Å². The van der Waals surface area contributed by atoms with Gasteiger partial charge in [0.1, 0.15) is 12.7 Å². The van der Waals surface area contributed by atoms with Crippen LogP contribution in [-0.4, -0.2) is 39.0 Å². The fourth-order valence-corrected chi connectivity index (χ4v) is 4.25. The molecule has 0 aliphatic carbocycles. The largest absolute Gasteiger partial charge is 0.470 e. The van der Waals surface area contributed by atoms with Gasteiger partial charge in [0.05, 0.1) is 20.7 Å². The summed E-state index contributed by atoms with van der Waals surface area (Å²) in [6.07, 6.45) is 5.14. The van der Waals surface area contributed by atoms with Crippen LogP contribution in [-0.2, 0) is 13.2 Å². The quantitative estimate of drug-likeness (QED) is 0.480. The molecule has 0 saturated carbocycles. The van der Waals surface area contributed by atoms with Gasteiger partial charge in [0, 0.05) is 37.4 Å². The van der Waals surface area contributed by atoms with Crippen LogP contribution in [0.1, 0.15) is 29.1 Å². The summed E-state index contributed by atoms with van der Waals surface area (Å²) in [5, 5.41) is 4.25. The summed E-state index contributed by atoms with van der Waals surface area (Å²) in [5.74, 6) is 0.801. The fourth-order valence-electron chi connectivity index (χ4n) is 3.33. The minimum Gasteiger partial charge on any atom is -0.470 e. The van der Waals surface area contributed by atoms with E-state index in [1.54, 1.807) is 35.9 Å². The van der Waals surface area contributed by atoms with Crippen molar-refractivity contribution in [2.45, 2.75) is 39.0 Å². The second-order valence-corrected chi connectivity index (χ2v) is 9.03. The third kappa shape index (κ3) is 5.60. The second kappa shape index (κ2) is 9.92. The lowest BCUT2D eigenvalue weighted by Crippen LogP contribution is -2.38. The highest BCUT2D eigenvalue weighted by molar-refractivity contribution is 7.09. The average Bonchev–Trinajstić information content (AvgIpc) is 3.16. The lowest BCUT2D eigenvalue weighted by Gasteiger charge is -2.31. The van der Waals surface area contributed by atoms with E-state index in [0.29, 0.717) is 28.4 Å². The summed E-state index contributed by atoms with van der Waals surface area (Å²) in [4.78, 5) is 15.6. The van der Waals surface area contributed by atoms with E-state index >= 15 is 0 Å². The number of thiazole rings is 1. The van der Waals surface area contributed by atoms with Crippen molar-refractivity contribution in [2.24, 2.45) is 0 Å². The van der Waals surface area contributed by atoms with Gasteiger partial charge in [-0.25, -0.2) is 15.0 Å². The lowest BCUT2D eigenvalue weighted by atomic mass is 10.1. The summed E-state index contributed by atoms with van der Waals surface area (Å²) in [7, 11) is 0. The summed E-state index contributed by atoms with van der Waals surface area (Å²) >= 11 is 13.7. The van der Waals surface area contributed by atoms with Crippen molar-refractivity contribution < 1.29 is 9.47 Å². The maximum Gasteiger partial charge on any atom is 0.278 e. The number of halogens is 2. The Bertz CT molecular complexity index is 993. The Hall–Kier alpha value is -1.93. The topological polar surface area (TPSA) is 60.4 Å². The molecule has 0 amide bonds. The van der Waals surface area contributed by atoms with E-state index in [-0.39, 0.29) is 6.10 Å². The van der Waals surface area contributed by atoms with Gasteiger partial charge in [0.25, 0.3) is 11.8 Å². The normalized spacial score (nSPS) is 15.3. The zero-order valence-electron chi connectivity index (χ0n) is 16.6. The first kappa shape index (κ1) is 21.3. The number of nitrogens with zero attached hydrogens (tertiary/aromatic N) is 4. The molecule has 3 aromatic rings. The van der Waals surface area contributed by atoms with Crippen molar-refractivity contribution in [1.29, 1.82) is 0 Å². The first-order chi connectivity index (χ1) is 14.6. The van der Waals surface area contributed by atoms with Crippen LogP contribution in [0.15, 0.2) is 36.0 Å². The van der Waals surface area contributed by atoms with Gasteiger partial charge in [-0.05, 0) is 37.5 Å². The number of rotatable bonds is 7. The van der Waals surface area contributed by atoms with Crippen LogP contribution < -0.4 is 9.47 Å². The molecule has 0 N–H and O–H groups in total. The van der Waals surface area contributed by atoms with Gasteiger partial charge in [-0.2, -0.15) is 0 Å². The Labute approximate surface area is 189 Å². The van der Waals surface area contributed by atoms with Crippen LogP contribution >= 0.6 is 34.5 Å². The zero-order valence-corrected chi connectivity index (χ0v) is 18.9. The van der Waals surface area contributed by atoms with E-state index in [4.69, 9.17) is 32.7 Å². The third-order valence-corrected chi connectivity index (χ3v) is 6.42. The van der Waals surface area contributed by atoms with Crippen molar-refractivity contribution in [2.75, 3.05) is 13.1 Å². The van der Waals surface area contributed by atoms with Gasteiger partial charge >= 0.3 is 0 Å². The van der Waals surface area contributed by atoms with Crippen molar-refractivity contribution in [3.05, 3.63) is 62.3 Å².